The topological polar surface area (TPSA) is 92.3 Å². The smallest absolute Gasteiger partial charge is 0.0736 e. The van der Waals surface area contributed by atoms with Gasteiger partial charge in [0.15, 0.2) is 0 Å². The molecule has 1 rings (SSSR count). The van der Waals surface area contributed by atoms with Crippen molar-refractivity contribution >= 4 is 17.6 Å². The van der Waals surface area contributed by atoms with Crippen molar-refractivity contribution in [1.29, 1.82) is 0 Å². The van der Waals surface area contributed by atoms with E-state index < -0.39 is 11.9 Å². The van der Waals surface area contributed by atoms with Crippen molar-refractivity contribution in [2.24, 2.45) is 0 Å². The molecule has 5 heteroatoms. The zero-order valence-electron chi connectivity index (χ0n) is 8.56. The van der Waals surface area contributed by atoms with Gasteiger partial charge in [-0.3, -0.25) is 0 Å². The summed E-state index contributed by atoms with van der Waals surface area (Å²) in [5.74, 6) is -2.38. The van der Waals surface area contributed by atoms with Gasteiger partial charge in [-0.2, -0.15) is 0 Å². The van der Waals surface area contributed by atoms with Crippen LogP contribution < -0.4 is 15.5 Å². The summed E-state index contributed by atoms with van der Waals surface area (Å²) < 4.78 is 0. The Balaban J connectivity index is 2.53. The highest BCUT2D eigenvalue weighted by Crippen LogP contribution is 2.13. The van der Waals surface area contributed by atoms with Crippen LogP contribution >= 0.6 is 0 Å². The summed E-state index contributed by atoms with van der Waals surface area (Å²) in [6.45, 7) is 0.373. The number of rotatable bonds is 6. The van der Waals surface area contributed by atoms with Gasteiger partial charge < -0.3 is 25.1 Å². The van der Waals surface area contributed by atoms with Crippen LogP contribution in [0.4, 0.5) is 5.69 Å². The first-order valence-electron chi connectivity index (χ1n) is 4.85. The zero-order valence-corrected chi connectivity index (χ0v) is 8.56. The van der Waals surface area contributed by atoms with E-state index in [9.17, 15) is 19.8 Å². The van der Waals surface area contributed by atoms with E-state index in [1.165, 1.54) is 6.07 Å². The number of aromatic carboxylic acids is 1. The highest BCUT2D eigenvalue weighted by Gasteiger charge is 2.00. The Kier molecular flexibility index (Phi) is 4.32. The lowest BCUT2D eigenvalue weighted by Crippen LogP contribution is -2.24. The van der Waals surface area contributed by atoms with Gasteiger partial charge in [0.2, 0.25) is 0 Å². The van der Waals surface area contributed by atoms with Gasteiger partial charge in [-0.1, -0.05) is 18.2 Å². The van der Waals surface area contributed by atoms with Crippen LogP contribution in [0, 0.1) is 0 Å². The number of carbonyl (C=O) groups is 2. The fourth-order valence-electron chi connectivity index (χ4n) is 1.27. The number of hydrogen-bond acceptors (Lipinski definition) is 5. The number of anilines is 1. The molecule has 0 saturated carbocycles. The van der Waals surface area contributed by atoms with E-state index in [-0.39, 0.29) is 12.0 Å². The van der Waals surface area contributed by atoms with Gasteiger partial charge in [0, 0.05) is 23.8 Å². The molecule has 0 amide bonds. The molecule has 0 bridgehead atoms. The van der Waals surface area contributed by atoms with E-state index in [0.29, 0.717) is 18.7 Å². The molecule has 0 saturated heterocycles. The molecule has 16 heavy (non-hydrogen) atoms. The third-order valence-electron chi connectivity index (χ3n) is 2.02. The maximum Gasteiger partial charge on any atom is 0.0736 e. The number of aliphatic carboxylic acids is 1. The minimum atomic E-state index is -1.26. The Morgan fingerprint density at radius 1 is 1.19 bits per heavy atom. The maximum atomic E-state index is 10.7. The van der Waals surface area contributed by atoms with Crippen molar-refractivity contribution in [3.63, 3.8) is 0 Å². The van der Waals surface area contributed by atoms with E-state index in [0.717, 1.165) is 0 Å². The third kappa shape index (κ3) is 3.61. The SMILES string of the molecule is O=C([O-])CCCNc1ccccc1C(=O)[O-]. The molecule has 1 aromatic carbocycles. The van der Waals surface area contributed by atoms with Crippen LogP contribution in [0.5, 0.6) is 0 Å². The van der Waals surface area contributed by atoms with Gasteiger partial charge in [-0.05, 0) is 18.9 Å². The molecule has 0 spiro atoms. The van der Waals surface area contributed by atoms with Gasteiger partial charge in [-0.25, -0.2) is 0 Å². The molecule has 86 valence electrons. The first-order chi connectivity index (χ1) is 7.61. The van der Waals surface area contributed by atoms with Gasteiger partial charge in [0.25, 0.3) is 0 Å². The first kappa shape index (κ1) is 12.0. The third-order valence-corrected chi connectivity index (χ3v) is 2.02. The number of carboxylic acid groups (broad SMARTS) is 2. The molecule has 0 unspecified atom stereocenters. The fraction of sp³-hybridized carbons (Fsp3) is 0.273. The van der Waals surface area contributed by atoms with Crippen LogP contribution in [0.25, 0.3) is 0 Å². The first-order valence-corrected chi connectivity index (χ1v) is 4.85. The van der Waals surface area contributed by atoms with Gasteiger partial charge in [0.1, 0.15) is 0 Å². The Bertz CT molecular complexity index is 389. The second-order valence-electron chi connectivity index (χ2n) is 3.24. The van der Waals surface area contributed by atoms with Crippen LogP contribution in [0.1, 0.15) is 23.2 Å². The summed E-state index contributed by atoms with van der Waals surface area (Å²) in [7, 11) is 0. The fourth-order valence-corrected chi connectivity index (χ4v) is 1.27. The van der Waals surface area contributed by atoms with Crippen LogP contribution in [-0.2, 0) is 4.79 Å². The number of benzene rings is 1. The largest absolute Gasteiger partial charge is 0.550 e. The predicted molar refractivity (Wildman–Crippen MR) is 53.5 cm³/mol. The van der Waals surface area contributed by atoms with E-state index >= 15 is 0 Å². The van der Waals surface area contributed by atoms with E-state index in [1.807, 2.05) is 0 Å². The van der Waals surface area contributed by atoms with Crippen molar-refractivity contribution in [3.05, 3.63) is 29.8 Å². The number of carboxylic acids is 2. The van der Waals surface area contributed by atoms with Gasteiger partial charge in [-0.15, -0.1) is 0 Å². The van der Waals surface area contributed by atoms with Crippen molar-refractivity contribution in [2.75, 3.05) is 11.9 Å². The molecule has 0 aromatic heterocycles. The van der Waals surface area contributed by atoms with Crippen molar-refractivity contribution in [1.82, 2.24) is 0 Å². The van der Waals surface area contributed by atoms with E-state index in [2.05, 4.69) is 5.32 Å². The Labute approximate surface area is 92.7 Å². The number of nitrogens with one attached hydrogen (secondary N) is 1. The van der Waals surface area contributed by atoms with Crippen LogP contribution in [0.2, 0.25) is 0 Å². The summed E-state index contributed by atoms with van der Waals surface area (Å²) in [5, 5.41) is 23.7. The van der Waals surface area contributed by atoms with Gasteiger partial charge >= 0.3 is 0 Å². The lowest BCUT2D eigenvalue weighted by Gasteiger charge is -2.12. The molecular weight excluding hydrogens is 210 g/mol. The second-order valence-corrected chi connectivity index (χ2v) is 3.24. The zero-order chi connectivity index (χ0) is 12.0. The number of para-hydroxylation sites is 1. The Morgan fingerprint density at radius 2 is 1.88 bits per heavy atom. The molecule has 0 aliphatic carbocycles. The quantitative estimate of drug-likeness (QED) is 0.621. The summed E-state index contributed by atoms with van der Waals surface area (Å²) in [5.41, 5.74) is 0.497. The average molecular weight is 221 g/mol. The molecule has 1 N–H and O–H groups in total. The van der Waals surface area contributed by atoms with Crippen LogP contribution in [-0.4, -0.2) is 18.5 Å². The normalized spacial score (nSPS) is 9.75. The molecular formula is C11H11NO4-2. The second kappa shape index (κ2) is 5.75. The minimum Gasteiger partial charge on any atom is -0.550 e. The minimum absolute atomic E-state index is 0.0551. The number of hydrogen-bond donors (Lipinski definition) is 1. The Morgan fingerprint density at radius 3 is 2.50 bits per heavy atom. The van der Waals surface area contributed by atoms with Crippen LogP contribution in [0.15, 0.2) is 24.3 Å². The average Bonchev–Trinajstić information content (AvgIpc) is 2.24. The van der Waals surface area contributed by atoms with Gasteiger partial charge in [0.05, 0.1) is 5.97 Å². The molecule has 5 nitrogen and oxygen atoms in total. The maximum absolute atomic E-state index is 10.7. The molecule has 0 radical (unpaired) electrons. The number of carbonyl (C=O) groups excluding carboxylic acids is 2. The molecule has 1 aromatic rings. The van der Waals surface area contributed by atoms with Crippen molar-refractivity contribution in [3.8, 4) is 0 Å². The summed E-state index contributed by atoms with van der Waals surface area (Å²) in [6, 6.07) is 6.31. The van der Waals surface area contributed by atoms with Crippen LogP contribution in [0.3, 0.4) is 0 Å². The lowest BCUT2D eigenvalue weighted by molar-refractivity contribution is -0.305. The highest BCUT2D eigenvalue weighted by atomic mass is 16.4. The predicted octanol–water partition coefficient (Wildman–Crippen LogP) is -1.01. The summed E-state index contributed by atoms with van der Waals surface area (Å²) in [4.78, 5) is 20.9. The molecule has 0 heterocycles. The summed E-state index contributed by atoms with van der Waals surface area (Å²) >= 11 is 0. The standard InChI is InChI=1S/C11H13NO4/c13-10(14)6-3-7-12-9-5-2-1-4-8(9)11(15)16/h1-2,4-5,12H,3,6-7H2,(H,13,14)(H,15,16)/p-2. The van der Waals surface area contributed by atoms with E-state index in [4.69, 9.17) is 0 Å². The monoisotopic (exact) mass is 221 g/mol. The Hall–Kier alpha value is -2.04. The molecule has 0 fully saturated rings. The van der Waals surface area contributed by atoms with E-state index in [1.54, 1.807) is 18.2 Å². The molecule has 0 atom stereocenters. The molecule has 0 aliphatic heterocycles. The lowest BCUT2D eigenvalue weighted by atomic mass is 10.1. The van der Waals surface area contributed by atoms with Crippen molar-refractivity contribution < 1.29 is 19.8 Å². The highest BCUT2D eigenvalue weighted by molar-refractivity contribution is 5.92. The summed E-state index contributed by atoms with van der Waals surface area (Å²) in [6.07, 6.45) is 0.324. The van der Waals surface area contributed by atoms with Crippen molar-refractivity contribution in [2.45, 2.75) is 12.8 Å². The molecule has 0 aliphatic rings.